The number of ether oxygens (including phenoxy) is 10. The van der Waals surface area contributed by atoms with Gasteiger partial charge < -0.3 is 154 Å². The molecule has 10 unspecified atom stereocenters. The summed E-state index contributed by atoms with van der Waals surface area (Å²) in [6, 6.07) is -1.04. The van der Waals surface area contributed by atoms with E-state index in [1.165, 1.54) is 14.0 Å². The Morgan fingerprint density at radius 1 is 0.380 bits per heavy atom. The lowest BCUT2D eigenvalue weighted by Gasteiger charge is -2.42. The van der Waals surface area contributed by atoms with Gasteiger partial charge in [0.05, 0.1) is 110 Å². The topological polar surface area (TPSA) is 458 Å². The third-order valence-corrected chi connectivity index (χ3v) is 22.9. The van der Waals surface area contributed by atoms with E-state index in [-0.39, 0.29) is 106 Å². The average molecular weight is 1600 g/mol. The average Bonchev–Trinajstić information content (AvgIpc) is 0.825. The molecule has 3 aliphatic heterocycles. The molecular weight excluding hydrogens is 1490 g/mol. The molecule has 594 valence electrons. The van der Waals surface area contributed by atoms with Gasteiger partial charge in [-0.1, -0.05) is 52.4 Å². The number of unbranched alkanes of at least 4 members (excludes halogenated alkanes) is 10. The van der Waals surface area contributed by atoms with E-state index < -0.39 is 150 Å². The molecule has 0 aromatic carbocycles. The molecule has 3 rings (SSSR count). The number of carbonyl (C=O) groups excluding carboxylic acids is 1. The Balaban J connectivity index is 1.51. The summed E-state index contributed by atoms with van der Waals surface area (Å²) in [7, 11) is 1.27. The van der Waals surface area contributed by atoms with Gasteiger partial charge in [-0.25, -0.2) is 0 Å². The molecule has 14 N–H and O–H groups in total. The van der Waals surface area contributed by atoms with Crippen LogP contribution in [0.15, 0.2) is 0 Å². The molecule has 0 radical (unpaired) electrons. The van der Waals surface area contributed by atoms with Gasteiger partial charge in [-0.15, -0.1) is 0 Å². The van der Waals surface area contributed by atoms with Crippen molar-refractivity contribution in [3.05, 3.63) is 0 Å². The summed E-state index contributed by atoms with van der Waals surface area (Å²) in [5.74, 6) is -1.44. The molecule has 3 heterocycles. The molecule has 3 fully saturated rings. The highest BCUT2D eigenvalue weighted by Gasteiger charge is 2.46. The summed E-state index contributed by atoms with van der Waals surface area (Å²) in [6.07, 6.45) is -3.15. The van der Waals surface area contributed by atoms with E-state index in [2.05, 4.69) is 5.32 Å². The number of amides is 1. The van der Waals surface area contributed by atoms with Crippen LogP contribution >= 0.6 is 26.9 Å². The van der Waals surface area contributed by atoms with Crippen LogP contribution < -0.4 is 5.32 Å². The molecule has 0 aromatic heterocycles. The van der Waals surface area contributed by atoms with Gasteiger partial charge in [-0.05, 0) is 118 Å². The maximum atomic E-state index is 11.7. The molecule has 33 nitrogen and oxygen atoms in total. The van der Waals surface area contributed by atoms with Crippen molar-refractivity contribution < 1.29 is 154 Å². The van der Waals surface area contributed by atoms with Crippen molar-refractivity contribution in [3.8, 4) is 0 Å². The predicted octanol–water partition coefficient (Wildman–Crippen LogP) is 2.44. The SMILES string of the molecule is COP(O)(=S)OCCCCOCC(COCCCOP(O)(=S)OCCCCCCO[C@@H]1OC(CO)[C@H](O)[C@H](O)C1C)(COCCCOP(O)(=S)OCCCCCCO[C@@H]1OC(CO)[C@H](O)[C@H](O)C1C)COCCCOP(O)(=S)OCCCCCCO[C@@H]1OC(CO)[C@H](O)[C@H](O)C1NC(C)=O. The van der Waals surface area contributed by atoms with Gasteiger partial charge in [0.15, 0.2) is 18.9 Å². The number of hydrogen-bond donors (Lipinski definition) is 14. The highest BCUT2D eigenvalue weighted by atomic mass is 32.5. The normalized spacial score (nSPS) is 28.9. The summed E-state index contributed by atoms with van der Waals surface area (Å²) in [5.41, 5.74) is -0.938. The molecule has 100 heavy (non-hydrogen) atoms. The van der Waals surface area contributed by atoms with Crippen molar-refractivity contribution in [2.45, 2.75) is 210 Å². The molecule has 0 aliphatic carbocycles. The third kappa shape index (κ3) is 39.5. The van der Waals surface area contributed by atoms with Crippen molar-refractivity contribution in [1.82, 2.24) is 5.32 Å². The zero-order valence-electron chi connectivity index (χ0n) is 58.0. The fourth-order valence-corrected chi connectivity index (χ4v) is 14.7. The van der Waals surface area contributed by atoms with Gasteiger partial charge in [0.25, 0.3) is 0 Å². The van der Waals surface area contributed by atoms with E-state index in [1.807, 2.05) is 0 Å². The van der Waals surface area contributed by atoms with Crippen LogP contribution in [0.5, 0.6) is 0 Å². The number of carbonyl (C=O) groups is 1. The molecular formula is C59H117NO32P4S4. The lowest BCUT2D eigenvalue weighted by molar-refractivity contribution is -0.282. The monoisotopic (exact) mass is 1600 g/mol. The zero-order chi connectivity index (χ0) is 74.0. The first kappa shape index (κ1) is 95.0. The predicted molar refractivity (Wildman–Crippen MR) is 376 cm³/mol. The first-order chi connectivity index (χ1) is 47.6. The van der Waals surface area contributed by atoms with E-state index in [4.69, 9.17) is 131 Å². The van der Waals surface area contributed by atoms with Crippen LogP contribution in [0.1, 0.15) is 130 Å². The molecule has 0 saturated carbocycles. The molecule has 0 bridgehead atoms. The smallest absolute Gasteiger partial charge is 0.324 e. The van der Waals surface area contributed by atoms with Crippen molar-refractivity contribution in [1.29, 1.82) is 0 Å². The maximum absolute atomic E-state index is 11.7. The van der Waals surface area contributed by atoms with Crippen molar-refractivity contribution in [2.24, 2.45) is 17.3 Å². The molecule has 0 spiro atoms. The minimum Gasteiger partial charge on any atom is -0.394 e. The summed E-state index contributed by atoms with van der Waals surface area (Å²) in [6.45, 7) is -8.51. The summed E-state index contributed by atoms with van der Waals surface area (Å²) in [4.78, 5) is 54.1. The number of aliphatic hydroxyl groups is 9. The Hall–Kier alpha value is 0.830. The summed E-state index contributed by atoms with van der Waals surface area (Å²) < 4.78 is 103. The lowest BCUT2D eigenvalue weighted by atomic mass is 9.92. The number of aliphatic hydroxyl groups excluding tert-OH is 9. The van der Waals surface area contributed by atoms with E-state index >= 15 is 0 Å². The second-order valence-electron chi connectivity index (χ2n) is 24.8. The Bertz CT molecular complexity index is 2260. The van der Waals surface area contributed by atoms with E-state index in [9.17, 15) is 70.3 Å². The molecule has 0 aromatic rings. The standard InChI is InChI=1S/C59H117NO32P4S4/c1-43-50(65)52(67)46(36-61)90-56(43)80-26-11-5-8-14-29-84-94(72,98)87-33-19-23-77-40-59(39-76-22-17-18-32-83-93(71,97)75-4,41-78-24-20-34-88-95(73,99)85-30-15-9-6-12-27-81-57-44(2)51(66)53(68)47(37-62)91-57)42-79-25-21-35-89-96(74,100)86-31-16-10-7-13-28-82-58-49(60-45(3)64)55(70)54(69)48(38-63)92-58/h43-44,46-58,61-63,65-70H,5-42H2,1-4H3,(H,60,64)(H,71,97)(H,72,98)(H,73,99)(H,74,100)/t43?,44?,46?,47?,48?,49?,50-,51-,52+,53+,54+,55-,56-,57-,58-,59?,93?,94?,95?,96?/m1/s1. The highest BCUT2D eigenvalue weighted by Crippen LogP contribution is 2.46. The number of rotatable bonds is 61. The molecule has 3 aliphatic rings. The molecule has 1 amide bonds. The van der Waals surface area contributed by atoms with Crippen LogP contribution in [0.2, 0.25) is 0 Å². The molecule has 19 atom stereocenters. The van der Waals surface area contributed by atoms with Crippen LogP contribution in [-0.4, -0.2) is 297 Å². The van der Waals surface area contributed by atoms with Crippen LogP contribution in [0.25, 0.3) is 0 Å². The summed E-state index contributed by atoms with van der Waals surface area (Å²) in [5, 5.41) is 92.6. The second kappa shape index (κ2) is 52.9. The fraction of sp³-hybridized carbons (Fsp3) is 0.983. The first-order valence-corrected chi connectivity index (χ1v) is 44.6. The van der Waals surface area contributed by atoms with Gasteiger partial charge in [-0.2, -0.15) is 0 Å². The largest absolute Gasteiger partial charge is 0.394 e. The molecule has 41 heteroatoms. The van der Waals surface area contributed by atoms with Crippen molar-refractivity contribution in [3.63, 3.8) is 0 Å². The summed E-state index contributed by atoms with van der Waals surface area (Å²) >= 11 is 20.7. The zero-order valence-corrected chi connectivity index (χ0v) is 64.9. The Labute approximate surface area is 608 Å². The Kier molecular flexibility index (Phi) is 50.2. The van der Waals surface area contributed by atoms with Gasteiger partial charge in [0.1, 0.15) is 48.8 Å². The van der Waals surface area contributed by atoms with Gasteiger partial charge >= 0.3 is 26.9 Å². The second-order valence-corrected chi connectivity index (χ2v) is 36.2. The third-order valence-electron chi connectivity index (χ3n) is 16.2. The first-order valence-electron chi connectivity index (χ1n) is 34.3. The van der Waals surface area contributed by atoms with Crippen molar-refractivity contribution in [2.75, 3.05) is 146 Å². The van der Waals surface area contributed by atoms with Gasteiger partial charge in [0, 0.05) is 72.1 Å². The quantitative estimate of drug-likeness (QED) is 0.0307. The van der Waals surface area contributed by atoms with Crippen LogP contribution in [0.4, 0.5) is 0 Å². The Morgan fingerprint density at radius 2 is 0.640 bits per heavy atom. The maximum Gasteiger partial charge on any atom is 0.324 e. The van der Waals surface area contributed by atoms with E-state index in [1.54, 1.807) is 13.8 Å². The van der Waals surface area contributed by atoms with E-state index in [0.717, 1.165) is 25.7 Å². The van der Waals surface area contributed by atoms with Crippen LogP contribution in [0, 0.1) is 17.3 Å². The Morgan fingerprint density at radius 3 is 0.960 bits per heavy atom. The van der Waals surface area contributed by atoms with Crippen LogP contribution in [0.3, 0.4) is 0 Å². The molecule has 3 saturated heterocycles. The number of hydrogen-bond acceptors (Lipinski definition) is 32. The lowest BCUT2D eigenvalue weighted by Crippen LogP contribution is -2.64. The minimum atomic E-state index is -3.62. The van der Waals surface area contributed by atoms with Crippen molar-refractivity contribution >= 4 is 80.0 Å². The minimum absolute atomic E-state index is 0.00233. The van der Waals surface area contributed by atoms with Gasteiger partial charge in [-0.3, -0.25) is 4.79 Å². The number of nitrogens with one attached hydrogen (secondary N) is 1. The fourth-order valence-electron chi connectivity index (χ4n) is 10.3. The highest BCUT2D eigenvalue weighted by molar-refractivity contribution is 8.08. The van der Waals surface area contributed by atoms with Gasteiger partial charge in [0.2, 0.25) is 5.91 Å². The van der Waals surface area contributed by atoms with E-state index in [0.29, 0.717) is 96.7 Å². The van der Waals surface area contributed by atoms with Crippen LogP contribution in [-0.2, 0) is 136 Å².